The molecule has 0 aromatic rings. The topological polar surface area (TPSA) is 95.9 Å². The Morgan fingerprint density at radius 3 is 2.80 bits per heavy atom. The maximum Gasteiger partial charge on any atom is 0.331 e. The van der Waals surface area contributed by atoms with Gasteiger partial charge < -0.3 is 20.1 Å². The van der Waals surface area contributed by atoms with E-state index in [0.717, 1.165) is 19.3 Å². The van der Waals surface area contributed by atoms with Crippen molar-refractivity contribution in [1.82, 2.24) is 10.2 Å². The van der Waals surface area contributed by atoms with Crippen molar-refractivity contribution in [2.45, 2.75) is 37.6 Å². The van der Waals surface area contributed by atoms with Gasteiger partial charge in [0, 0.05) is 26.0 Å². The summed E-state index contributed by atoms with van der Waals surface area (Å²) in [5.74, 6) is -1.57. The SMILES string of the molecule is O=C(CN1CCCCCC1=O)NC1(C(=O)O)CCOC1. The Bertz CT molecular complexity index is 404. The number of hydrogen-bond donors (Lipinski definition) is 2. The third kappa shape index (κ3) is 3.27. The normalized spacial score (nSPS) is 27.2. The molecule has 0 spiro atoms. The fourth-order valence-electron chi connectivity index (χ4n) is 2.57. The molecule has 0 aromatic carbocycles. The number of nitrogens with one attached hydrogen (secondary N) is 1. The largest absolute Gasteiger partial charge is 0.479 e. The fraction of sp³-hybridized carbons (Fsp3) is 0.769. The van der Waals surface area contributed by atoms with E-state index in [-0.39, 0.29) is 25.5 Å². The fourth-order valence-corrected chi connectivity index (χ4v) is 2.57. The first-order chi connectivity index (χ1) is 9.53. The highest BCUT2D eigenvalue weighted by Crippen LogP contribution is 2.19. The van der Waals surface area contributed by atoms with Gasteiger partial charge in [-0.05, 0) is 12.8 Å². The maximum atomic E-state index is 12.0. The molecular formula is C13H20N2O5. The Morgan fingerprint density at radius 1 is 1.35 bits per heavy atom. The van der Waals surface area contributed by atoms with Gasteiger partial charge in [0.1, 0.15) is 0 Å². The molecule has 2 saturated heterocycles. The molecule has 0 aromatic heterocycles. The molecule has 2 N–H and O–H groups in total. The summed E-state index contributed by atoms with van der Waals surface area (Å²) in [6.07, 6.45) is 3.43. The molecule has 1 unspecified atom stereocenters. The Kier molecular flexibility index (Phi) is 4.59. The second-order valence-corrected chi connectivity index (χ2v) is 5.36. The Hall–Kier alpha value is -1.63. The van der Waals surface area contributed by atoms with Gasteiger partial charge in [-0.1, -0.05) is 6.42 Å². The molecule has 7 heteroatoms. The Labute approximate surface area is 117 Å². The molecule has 0 bridgehead atoms. The first-order valence-corrected chi connectivity index (χ1v) is 6.93. The van der Waals surface area contributed by atoms with Crippen molar-refractivity contribution < 1.29 is 24.2 Å². The Morgan fingerprint density at radius 2 is 2.15 bits per heavy atom. The van der Waals surface area contributed by atoms with Gasteiger partial charge in [-0.2, -0.15) is 0 Å². The number of hydrogen-bond acceptors (Lipinski definition) is 4. The number of carboxylic acids is 1. The van der Waals surface area contributed by atoms with E-state index in [0.29, 0.717) is 19.6 Å². The van der Waals surface area contributed by atoms with Crippen LogP contribution < -0.4 is 5.32 Å². The van der Waals surface area contributed by atoms with Gasteiger partial charge >= 0.3 is 5.97 Å². The predicted octanol–water partition coefficient (Wildman–Crippen LogP) is -0.251. The number of carboxylic acid groups (broad SMARTS) is 1. The summed E-state index contributed by atoms with van der Waals surface area (Å²) in [6, 6.07) is 0. The number of likely N-dealkylation sites (tertiary alicyclic amines) is 1. The van der Waals surface area contributed by atoms with E-state index >= 15 is 0 Å². The molecule has 2 heterocycles. The highest BCUT2D eigenvalue weighted by molar-refractivity contribution is 5.90. The molecule has 2 rings (SSSR count). The zero-order valence-corrected chi connectivity index (χ0v) is 11.4. The summed E-state index contributed by atoms with van der Waals surface area (Å²) in [5, 5.41) is 11.8. The molecule has 20 heavy (non-hydrogen) atoms. The molecule has 0 radical (unpaired) electrons. The molecule has 0 saturated carbocycles. The van der Waals surface area contributed by atoms with E-state index in [4.69, 9.17) is 4.74 Å². The van der Waals surface area contributed by atoms with Crippen molar-refractivity contribution in [1.29, 1.82) is 0 Å². The van der Waals surface area contributed by atoms with Gasteiger partial charge in [-0.3, -0.25) is 9.59 Å². The van der Waals surface area contributed by atoms with Crippen molar-refractivity contribution in [3.8, 4) is 0 Å². The lowest BCUT2D eigenvalue weighted by atomic mass is 9.99. The zero-order chi connectivity index (χ0) is 14.6. The summed E-state index contributed by atoms with van der Waals surface area (Å²) in [4.78, 5) is 36.6. The van der Waals surface area contributed by atoms with Crippen LogP contribution in [0.4, 0.5) is 0 Å². The van der Waals surface area contributed by atoms with Crippen LogP contribution in [0, 0.1) is 0 Å². The first kappa shape index (κ1) is 14.8. The quantitative estimate of drug-likeness (QED) is 0.742. The van der Waals surface area contributed by atoms with E-state index in [1.54, 1.807) is 0 Å². The van der Waals surface area contributed by atoms with E-state index in [1.165, 1.54) is 4.90 Å². The van der Waals surface area contributed by atoms with E-state index in [1.807, 2.05) is 0 Å². The van der Waals surface area contributed by atoms with Crippen LogP contribution in [0.2, 0.25) is 0 Å². The van der Waals surface area contributed by atoms with Gasteiger partial charge in [0.2, 0.25) is 11.8 Å². The van der Waals surface area contributed by atoms with Crippen molar-refractivity contribution in [3.05, 3.63) is 0 Å². The van der Waals surface area contributed by atoms with Crippen LogP contribution in [0.3, 0.4) is 0 Å². The molecule has 2 amide bonds. The van der Waals surface area contributed by atoms with Crippen molar-refractivity contribution in [2.75, 3.05) is 26.3 Å². The zero-order valence-electron chi connectivity index (χ0n) is 11.4. The predicted molar refractivity (Wildman–Crippen MR) is 69.0 cm³/mol. The van der Waals surface area contributed by atoms with Crippen LogP contribution in [0.1, 0.15) is 32.1 Å². The van der Waals surface area contributed by atoms with Crippen LogP contribution in [0.15, 0.2) is 0 Å². The highest BCUT2D eigenvalue weighted by atomic mass is 16.5. The minimum atomic E-state index is -1.34. The lowest BCUT2D eigenvalue weighted by Crippen LogP contribution is -2.57. The second kappa shape index (κ2) is 6.21. The van der Waals surface area contributed by atoms with Gasteiger partial charge in [0.15, 0.2) is 5.54 Å². The summed E-state index contributed by atoms with van der Waals surface area (Å²) < 4.78 is 5.08. The molecular weight excluding hydrogens is 264 g/mol. The van der Waals surface area contributed by atoms with E-state index in [2.05, 4.69) is 5.32 Å². The summed E-state index contributed by atoms with van der Waals surface area (Å²) in [5.41, 5.74) is -1.34. The highest BCUT2D eigenvalue weighted by Gasteiger charge is 2.44. The van der Waals surface area contributed by atoms with Gasteiger partial charge in [0.05, 0.1) is 13.2 Å². The number of nitrogens with zero attached hydrogens (tertiary/aromatic N) is 1. The van der Waals surface area contributed by atoms with Crippen LogP contribution >= 0.6 is 0 Å². The second-order valence-electron chi connectivity index (χ2n) is 5.36. The van der Waals surface area contributed by atoms with E-state index in [9.17, 15) is 19.5 Å². The number of ether oxygens (including phenoxy) is 1. The smallest absolute Gasteiger partial charge is 0.331 e. The molecule has 7 nitrogen and oxygen atoms in total. The Balaban J connectivity index is 1.94. The van der Waals surface area contributed by atoms with E-state index < -0.39 is 17.4 Å². The standard InChI is InChI=1S/C13H20N2O5/c16-10(8-15-6-3-1-2-4-11(15)17)14-13(12(18)19)5-7-20-9-13/h1-9H2,(H,14,16)(H,18,19). The molecule has 2 aliphatic rings. The number of aliphatic carboxylic acids is 1. The van der Waals surface area contributed by atoms with Gasteiger partial charge in [0.25, 0.3) is 0 Å². The van der Waals surface area contributed by atoms with Gasteiger partial charge in [-0.25, -0.2) is 4.79 Å². The summed E-state index contributed by atoms with van der Waals surface area (Å²) in [6.45, 7) is 0.772. The van der Waals surface area contributed by atoms with Crippen molar-refractivity contribution in [2.24, 2.45) is 0 Å². The molecule has 2 aliphatic heterocycles. The monoisotopic (exact) mass is 284 g/mol. The van der Waals surface area contributed by atoms with Gasteiger partial charge in [-0.15, -0.1) is 0 Å². The lowest BCUT2D eigenvalue weighted by Gasteiger charge is -2.26. The van der Waals surface area contributed by atoms with Crippen LogP contribution in [-0.2, 0) is 19.1 Å². The summed E-state index contributed by atoms with van der Waals surface area (Å²) in [7, 11) is 0. The lowest BCUT2D eigenvalue weighted by molar-refractivity contribution is -0.148. The van der Waals surface area contributed by atoms with Crippen molar-refractivity contribution >= 4 is 17.8 Å². The third-order valence-corrected chi connectivity index (χ3v) is 3.82. The third-order valence-electron chi connectivity index (χ3n) is 3.82. The number of amides is 2. The van der Waals surface area contributed by atoms with Crippen LogP contribution in [0.25, 0.3) is 0 Å². The average molecular weight is 284 g/mol. The average Bonchev–Trinajstić information content (AvgIpc) is 2.77. The molecule has 112 valence electrons. The first-order valence-electron chi connectivity index (χ1n) is 6.93. The van der Waals surface area contributed by atoms with Crippen molar-refractivity contribution in [3.63, 3.8) is 0 Å². The number of carbonyl (C=O) groups excluding carboxylic acids is 2. The maximum absolute atomic E-state index is 12.0. The molecule has 1 atom stereocenters. The van der Waals surface area contributed by atoms with Crippen LogP contribution in [0.5, 0.6) is 0 Å². The minimum absolute atomic E-state index is 0.0258. The number of carbonyl (C=O) groups is 3. The summed E-state index contributed by atoms with van der Waals surface area (Å²) >= 11 is 0. The number of rotatable bonds is 4. The molecule has 0 aliphatic carbocycles. The molecule has 2 fully saturated rings. The van der Waals surface area contributed by atoms with Crippen LogP contribution in [-0.4, -0.2) is 59.6 Å². The minimum Gasteiger partial charge on any atom is -0.479 e.